The second kappa shape index (κ2) is 6.56. The molecule has 1 amide bonds. The first-order valence-corrected chi connectivity index (χ1v) is 8.94. The third kappa shape index (κ3) is 3.42. The molecule has 0 unspecified atom stereocenters. The van der Waals surface area contributed by atoms with Gasteiger partial charge in [0.25, 0.3) is 5.91 Å². The molecule has 2 aromatic rings. The van der Waals surface area contributed by atoms with Crippen molar-refractivity contribution in [3.05, 3.63) is 59.2 Å². The maximum absolute atomic E-state index is 12.5. The summed E-state index contributed by atoms with van der Waals surface area (Å²) >= 11 is 0. The quantitative estimate of drug-likeness (QED) is 0.855. The van der Waals surface area contributed by atoms with Gasteiger partial charge in [-0.3, -0.25) is 4.79 Å². The van der Waals surface area contributed by atoms with Crippen LogP contribution in [0.15, 0.2) is 42.5 Å². The largest absolute Gasteiger partial charge is 0.494 e. The van der Waals surface area contributed by atoms with Crippen molar-refractivity contribution in [2.45, 2.75) is 52.7 Å². The van der Waals surface area contributed by atoms with Gasteiger partial charge in [0.1, 0.15) is 0 Å². The van der Waals surface area contributed by atoms with E-state index in [0.717, 1.165) is 22.3 Å². The Morgan fingerprint density at radius 2 is 1.54 bits per heavy atom. The Hall–Kier alpha value is -2.11. The first kappa shape index (κ1) is 18.7. The fourth-order valence-electron chi connectivity index (χ4n) is 2.97. The normalized spacial score (nSPS) is 18.0. The van der Waals surface area contributed by atoms with Gasteiger partial charge >= 0.3 is 7.12 Å². The van der Waals surface area contributed by atoms with Crippen LogP contribution >= 0.6 is 0 Å². The minimum absolute atomic E-state index is 0.102. The molecule has 1 heterocycles. The number of anilines is 1. The van der Waals surface area contributed by atoms with Crippen molar-refractivity contribution in [2.24, 2.45) is 0 Å². The number of hydrogen-bond donors (Lipinski definition) is 1. The van der Waals surface area contributed by atoms with E-state index in [4.69, 9.17) is 9.31 Å². The minimum Gasteiger partial charge on any atom is -0.399 e. The van der Waals surface area contributed by atoms with E-state index in [0.29, 0.717) is 5.56 Å². The zero-order valence-corrected chi connectivity index (χ0v) is 16.3. The summed E-state index contributed by atoms with van der Waals surface area (Å²) in [6.45, 7) is 12.1. The maximum Gasteiger partial charge on any atom is 0.494 e. The van der Waals surface area contributed by atoms with Crippen molar-refractivity contribution in [1.82, 2.24) is 0 Å². The van der Waals surface area contributed by atoms with Crippen molar-refractivity contribution in [3.63, 3.8) is 0 Å². The number of rotatable bonds is 3. The summed E-state index contributed by atoms with van der Waals surface area (Å²) < 4.78 is 12.2. The molecule has 1 aliphatic heterocycles. The molecule has 0 saturated carbocycles. The van der Waals surface area contributed by atoms with Crippen molar-refractivity contribution in [1.29, 1.82) is 0 Å². The molecule has 26 heavy (non-hydrogen) atoms. The van der Waals surface area contributed by atoms with Crippen LogP contribution in [0.1, 0.15) is 49.2 Å². The highest BCUT2D eigenvalue weighted by atomic mass is 16.7. The molecule has 4 nitrogen and oxygen atoms in total. The summed E-state index contributed by atoms with van der Waals surface area (Å²) in [7, 11) is -0.403. The lowest BCUT2D eigenvalue weighted by Crippen LogP contribution is -2.41. The molecule has 2 aromatic carbocycles. The van der Waals surface area contributed by atoms with Crippen LogP contribution in [0.5, 0.6) is 0 Å². The van der Waals surface area contributed by atoms with E-state index in [1.54, 1.807) is 0 Å². The zero-order valence-electron chi connectivity index (χ0n) is 16.3. The van der Waals surface area contributed by atoms with Gasteiger partial charge in [-0.25, -0.2) is 0 Å². The molecule has 3 rings (SSSR count). The van der Waals surface area contributed by atoms with Crippen LogP contribution < -0.4 is 10.8 Å². The molecule has 0 atom stereocenters. The van der Waals surface area contributed by atoms with Crippen LogP contribution in [0, 0.1) is 13.8 Å². The van der Waals surface area contributed by atoms with Gasteiger partial charge < -0.3 is 14.6 Å². The Kier molecular flexibility index (Phi) is 4.71. The molecule has 136 valence electrons. The van der Waals surface area contributed by atoms with Gasteiger partial charge in [0.2, 0.25) is 0 Å². The number of carbonyl (C=O) groups excluding carboxylic acids is 1. The van der Waals surface area contributed by atoms with Gasteiger partial charge in [0.15, 0.2) is 0 Å². The molecule has 0 radical (unpaired) electrons. The van der Waals surface area contributed by atoms with E-state index in [1.807, 2.05) is 84.0 Å². The molecule has 1 N–H and O–H groups in total. The summed E-state index contributed by atoms with van der Waals surface area (Å²) in [5.41, 5.74) is 3.61. The number of carbonyl (C=O) groups is 1. The lowest BCUT2D eigenvalue weighted by atomic mass is 9.78. The van der Waals surface area contributed by atoms with E-state index < -0.39 is 7.12 Å². The van der Waals surface area contributed by atoms with Crippen LogP contribution in [0.3, 0.4) is 0 Å². The minimum atomic E-state index is -0.403. The predicted octanol–water partition coefficient (Wildman–Crippen LogP) is 3.85. The highest BCUT2D eigenvalue weighted by Gasteiger charge is 2.51. The van der Waals surface area contributed by atoms with E-state index >= 15 is 0 Å². The molecular weight excluding hydrogens is 325 g/mol. The summed E-state index contributed by atoms with van der Waals surface area (Å²) in [4.78, 5) is 12.5. The SMILES string of the molecule is Cc1cc(B2OC(C)(C)C(C)(C)O2)ccc1NC(=O)c1ccccc1C. The number of benzene rings is 2. The van der Waals surface area contributed by atoms with Gasteiger partial charge in [-0.1, -0.05) is 30.3 Å². The molecule has 0 bridgehead atoms. The first-order chi connectivity index (χ1) is 12.1. The van der Waals surface area contributed by atoms with Crippen molar-refractivity contribution >= 4 is 24.2 Å². The highest BCUT2D eigenvalue weighted by molar-refractivity contribution is 6.62. The van der Waals surface area contributed by atoms with Gasteiger partial charge in [0, 0.05) is 11.3 Å². The van der Waals surface area contributed by atoms with E-state index in [1.165, 1.54) is 0 Å². The van der Waals surface area contributed by atoms with Crippen LogP contribution in [0.2, 0.25) is 0 Å². The number of aryl methyl sites for hydroxylation is 2. The Morgan fingerprint density at radius 1 is 0.923 bits per heavy atom. The van der Waals surface area contributed by atoms with Gasteiger partial charge in [0.05, 0.1) is 11.2 Å². The van der Waals surface area contributed by atoms with Gasteiger partial charge in [-0.05, 0) is 70.3 Å². The fraction of sp³-hybridized carbons (Fsp3) is 0.381. The topological polar surface area (TPSA) is 47.6 Å². The van der Waals surface area contributed by atoms with E-state index in [-0.39, 0.29) is 17.1 Å². The van der Waals surface area contributed by atoms with Gasteiger partial charge in [-0.15, -0.1) is 0 Å². The standard InChI is InChI=1S/C21H26BNO3/c1-14-9-7-8-10-17(14)19(24)23-18-12-11-16(13-15(18)2)22-25-20(3,4)21(5,6)26-22/h7-13H,1-6H3,(H,23,24). The molecule has 0 aromatic heterocycles. The molecule has 5 heteroatoms. The highest BCUT2D eigenvalue weighted by Crippen LogP contribution is 2.36. The second-order valence-corrected chi connectivity index (χ2v) is 7.93. The maximum atomic E-state index is 12.5. The molecule has 1 saturated heterocycles. The number of nitrogens with one attached hydrogen (secondary N) is 1. The molecular formula is C21H26BNO3. The number of amides is 1. The summed E-state index contributed by atoms with van der Waals surface area (Å²) in [5, 5.41) is 3.00. The van der Waals surface area contributed by atoms with Crippen LogP contribution in [0.25, 0.3) is 0 Å². The third-order valence-corrected chi connectivity index (χ3v) is 5.41. The van der Waals surface area contributed by atoms with E-state index in [2.05, 4.69) is 5.32 Å². The lowest BCUT2D eigenvalue weighted by molar-refractivity contribution is 0.00578. The third-order valence-electron chi connectivity index (χ3n) is 5.41. The van der Waals surface area contributed by atoms with Crippen molar-refractivity contribution in [2.75, 3.05) is 5.32 Å². The Morgan fingerprint density at radius 3 is 2.12 bits per heavy atom. The number of hydrogen-bond acceptors (Lipinski definition) is 3. The van der Waals surface area contributed by atoms with Gasteiger partial charge in [-0.2, -0.15) is 0 Å². The smallest absolute Gasteiger partial charge is 0.399 e. The molecule has 1 aliphatic rings. The molecule has 0 spiro atoms. The van der Waals surface area contributed by atoms with Crippen molar-refractivity contribution < 1.29 is 14.1 Å². The average molecular weight is 351 g/mol. The molecule has 1 fully saturated rings. The van der Waals surface area contributed by atoms with Crippen molar-refractivity contribution in [3.8, 4) is 0 Å². The Balaban J connectivity index is 1.79. The van der Waals surface area contributed by atoms with Crippen LogP contribution in [0.4, 0.5) is 5.69 Å². The van der Waals surface area contributed by atoms with Crippen LogP contribution in [-0.2, 0) is 9.31 Å². The first-order valence-electron chi connectivity index (χ1n) is 8.94. The summed E-state index contributed by atoms with van der Waals surface area (Å²) in [5.74, 6) is -0.102. The second-order valence-electron chi connectivity index (χ2n) is 7.93. The monoisotopic (exact) mass is 351 g/mol. The zero-order chi connectivity index (χ0) is 19.1. The summed E-state index contributed by atoms with van der Waals surface area (Å²) in [6, 6.07) is 13.4. The lowest BCUT2D eigenvalue weighted by Gasteiger charge is -2.32. The summed E-state index contributed by atoms with van der Waals surface area (Å²) in [6.07, 6.45) is 0. The fourth-order valence-corrected chi connectivity index (χ4v) is 2.97. The Bertz CT molecular complexity index is 829. The van der Waals surface area contributed by atoms with E-state index in [9.17, 15) is 4.79 Å². The van der Waals surface area contributed by atoms with Crippen LogP contribution in [-0.4, -0.2) is 24.2 Å². The Labute approximate surface area is 156 Å². The molecule has 0 aliphatic carbocycles. The predicted molar refractivity (Wildman–Crippen MR) is 106 cm³/mol. The average Bonchev–Trinajstić information content (AvgIpc) is 2.77.